The number of unbranched alkanes of at least 4 members (excludes halogenated alkanes) is 3. The zero-order valence-corrected chi connectivity index (χ0v) is 13.4. The van der Waals surface area contributed by atoms with Crippen LogP contribution in [0.1, 0.15) is 51.9 Å². The van der Waals surface area contributed by atoms with Crippen molar-refractivity contribution >= 4 is 17.7 Å². The quantitative estimate of drug-likeness (QED) is 0.374. The highest BCUT2D eigenvalue weighted by molar-refractivity contribution is 7.99. The molecule has 114 valence electrons. The summed E-state index contributed by atoms with van der Waals surface area (Å²) in [5, 5.41) is 8.46. The summed E-state index contributed by atoms with van der Waals surface area (Å²) >= 11 is 1.47. The van der Waals surface area contributed by atoms with E-state index in [9.17, 15) is 4.79 Å². The number of allylic oxidation sites excluding steroid dienone is 6. The fourth-order valence-electron chi connectivity index (χ4n) is 1.60. The molecule has 3 heteroatoms. The van der Waals surface area contributed by atoms with Crippen LogP contribution in [-0.2, 0) is 4.79 Å². The lowest BCUT2D eigenvalue weighted by molar-refractivity contribution is -0.133. The van der Waals surface area contributed by atoms with Crippen LogP contribution in [0.25, 0.3) is 0 Å². The minimum atomic E-state index is -0.732. The van der Waals surface area contributed by atoms with Gasteiger partial charge in [-0.25, -0.2) is 0 Å². The standard InChI is InChI=1S/C17H28O2S/c1-2-3-4-5-6-7-8-9-10-11-12-13-14-15-20-16-17(18)19/h6-7,9-10,12-13H,2-5,8,11,14-16H2,1H3,(H,18,19)/b7-6+,10-9+,13-12+. The molecule has 0 aromatic rings. The monoisotopic (exact) mass is 296 g/mol. The van der Waals surface area contributed by atoms with Crippen LogP contribution >= 0.6 is 11.8 Å². The van der Waals surface area contributed by atoms with E-state index in [2.05, 4.69) is 43.4 Å². The summed E-state index contributed by atoms with van der Waals surface area (Å²) in [4.78, 5) is 10.3. The number of aliphatic carboxylic acids is 1. The molecule has 20 heavy (non-hydrogen) atoms. The number of rotatable bonds is 13. The predicted octanol–water partition coefficient (Wildman–Crippen LogP) is 5.22. The molecule has 0 atom stereocenters. The number of hydrogen-bond donors (Lipinski definition) is 1. The van der Waals surface area contributed by atoms with Gasteiger partial charge < -0.3 is 5.11 Å². The summed E-state index contributed by atoms with van der Waals surface area (Å²) in [6.07, 6.45) is 21.2. The first-order valence-corrected chi connectivity index (χ1v) is 8.67. The molecule has 0 saturated heterocycles. The van der Waals surface area contributed by atoms with Crippen molar-refractivity contribution in [2.75, 3.05) is 11.5 Å². The van der Waals surface area contributed by atoms with Gasteiger partial charge in [-0.3, -0.25) is 4.79 Å². The summed E-state index contributed by atoms with van der Waals surface area (Å²) in [5.74, 6) is 0.357. The van der Waals surface area contributed by atoms with Crippen LogP contribution in [0.5, 0.6) is 0 Å². The molecule has 0 fully saturated rings. The van der Waals surface area contributed by atoms with Crippen LogP contribution in [0.2, 0.25) is 0 Å². The highest BCUT2D eigenvalue weighted by Gasteiger charge is 1.94. The van der Waals surface area contributed by atoms with Gasteiger partial charge in [0.05, 0.1) is 5.75 Å². The average molecular weight is 296 g/mol. The van der Waals surface area contributed by atoms with E-state index in [0.717, 1.165) is 25.0 Å². The number of carbonyl (C=O) groups is 1. The second-order valence-electron chi connectivity index (χ2n) is 4.62. The van der Waals surface area contributed by atoms with Crippen molar-refractivity contribution in [3.8, 4) is 0 Å². The molecular weight excluding hydrogens is 268 g/mol. The Morgan fingerprint density at radius 1 is 0.950 bits per heavy atom. The number of carboxylic acids is 1. The van der Waals surface area contributed by atoms with E-state index in [1.54, 1.807) is 0 Å². The van der Waals surface area contributed by atoms with Crippen molar-refractivity contribution < 1.29 is 9.90 Å². The minimum absolute atomic E-state index is 0.207. The zero-order chi connectivity index (χ0) is 14.9. The summed E-state index contributed by atoms with van der Waals surface area (Å²) in [5.41, 5.74) is 0. The van der Waals surface area contributed by atoms with Crippen molar-refractivity contribution in [1.82, 2.24) is 0 Å². The first-order valence-electron chi connectivity index (χ1n) is 7.52. The first-order chi connectivity index (χ1) is 9.77. The molecule has 0 unspecified atom stereocenters. The lowest BCUT2D eigenvalue weighted by Gasteiger charge is -1.93. The van der Waals surface area contributed by atoms with Crippen LogP contribution < -0.4 is 0 Å². The van der Waals surface area contributed by atoms with Crippen molar-refractivity contribution in [1.29, 1.82) is 0 Å². The SMILES string of the molecule is CCCCC/C=C/C/C=C/C/C=C/CCSCC(=O)O. The van der Waals surface area contributed by atoms with Crippen LogP contribution in [-0.4, -0.2) is 22.6 Å². The van der Waals surface area contributed by atoms with Gasteiger partial charge in [0.15, 0.2) is 0 Å². The molecule has 0 amide bonds. The Bertz CT molecular complexity index is 306. The van der Waals surface area contributed by atoms with Crippen molar-refractivity contribution in [3.63, 3.8) is 0 Å². The molecule has 0 heterocycles. The largest absolute Gasteiger partial charge is 0.481 e. The second-order valence-corrected chi connectivity index (χ2v) is 5.72. The summed E-state index contributed by atoms with van der Waals surface area (Å²) < 4.78 is 0. The van der Waals surface area contributed by atoms with E-state index >= 15 is 0 Å². The van der Waals surface area contributed by atoms with E-state index in [-0.39, 0.29) is 5.75 Å². The van der Waals surface area contributed by atoms with Gasteiger partial charge in [-0.2, -0.15) is 0 Å². The van der Waals surface area contributed by atoms with E-state index in [0.29, 0.717) is 0 Å². The Kier molecular flexibility index (Phi) is 15.3. The molecule has 0 bridgehead atoms. The lowest BCUT2D eigenvalue weighted by atomic mass is 10.2. The Balaban J connectivity index is 3.32. The van der Waals surface area contributed by atoms with E-state index in [1.165, 1.54) is 37.4 Å². The molecule has 0 aliphatic rings. The molecule has 0 aliphatic heterocycles. The van der Waals surface area contributed by atoms with Crippen molar-refractivity contribution in [2.45, 2.75) is 51.9 Å². The second kappa shape index (κ2) is 16.1. The third-order valence-corrected chi connectivity index (χ3v) is 3.65. The van der Waals surface area contributed by atoms with Crippen LogP contribution in [0.3, 0.4) is 0 Å². The van der Waals surface area contributed by atoms with Crippen LogP contribution in [0.4, 0.5) is 0 Å². The molecule has 0 aliphatic carbocycles. The summed E-state index contributed by atoms with van der Waals surface area (Å²) in [7, 11) is 0. The zero-order valence-electron chi connectivity index (χ0n) is 12.6. The maximum Gasteiger partial charge on any atom is 0.313 e. The van der Waals surface area contributed by atoms with E-state index in [4.69, 9.17) is 5.11 Å². The minimum Gasteiger partial charge on any atom is -0.481 e. The molecular formula is C17H28O2S. The van der Waals surface area contributed by atoms with Crippen molar-refractivity contribution in [3.05, 3.63) is 36.5 Å². The van der Waals surface area contributed by atoms with Gasteiger partial charge >= 0.3 is 5.97 Å². The highest BCUT2D eigenvalue weighted by atomic mass is 32.2. The third kappa shape index (κ3) is 17.0. The smallest absolute Gasteiger partial charge is 0.313 e. The fourth-order valence-corrected chi connectivity index (χ4v) is 2.22. The lowest BCUT2D eigenvalue weighted by Crippen LogP contribution is -1.98. The van der Waals surface area contributed by atoms with E-state index < -0.39 is 5.97 Å². The molecule has 2 nitrogen and oxygen atoms in total. The highest BCUT2D eigenvalue weighted by Crippen LogP contribution is 2.03. The van der Waals surface area contributed by atoms with Gasteiger partial charge in [0.2, 0.25) is 0 Å². The Morgan fingerprint density at radius 2 is 1.55 bits per heavy atom. The third-order valence-electron chi connectivity index (χ3n) is 2.67. The molecule has 0 saturated carbocycles. The Hall–Kier alpha value is -0.960. The molecule has 1 N–H and O–H groups in total. The van der Waals surface area contributed by atoms with Crippen molar-refractivity contribution in [2.24, 2.45) is 0 Å². The topological polar surface area (TPSA) is 37.3 Å². The maximum atomic E-state index is 10.3. The van der Waals surface area contributed by atoms with Gasteiger partial charge in [-0.05, 0) is 37.9 Å². The Morgan fingerprint density at radius 3 is 2.15 bits per heavy atom. The predicted molar refractivity (Wildman–Crippen MR) is 90.4 cm³/mol. The van der Waals surface area contributed by atoms with Gasteiger partial charge in [-0.1, -0.05) is 56.2 Å². The normalized spacial score (nSPS) is 12.1. The Labute approximate surface area is 128 Å². The van der Waals surface area contributed by atoms with Gasteiger partial charge in [0.25, 0.3) is 0 Å². The molecule has 0 aromatic carbocycles. The van der Waals surface area contributed by atoms with Crippen LogP contribution in [0, 0.1) is 0 Å². The first kappa shape index (κ1) is 19.0. The van der Waals surface area contributed by atoms with Gasteiger partial charge in [0, 0.05) is 0 Å². The summed E-state index contributed by atoms with van der Waals surface area (Å²) in [6, 6.07) is 0. The molecule has 0 spiro atoms. The molecule has 0 rings (SSSR count). The van der Waals surface area contributed by atoms with Gasteiger partial charge in [0.1, 0.15) is 0 Å². The average Bonchev–Trinajstić information content (AvgIpc) is 2.43. The molecule has 0 radical (unpaired) electrons. The number of hydrogen-bond acceptors (Lipinski definition) is 2. The maximum absolute atomic E-state index is 10.3. The van der Waals surface area contributed by atoms with Crippen LogP contribution in [0.15, 0.2) is 36.5 Å². The number of thioether (sulfide) groups is 1. The molecule has 0 aromatic heterocycles. The fraction of sp³-hybridized carbons (Fsp3) is 0.588. The summed E-state index contributed by atoms with van der Waals surface area (Å²) in [6.45, 7) is 2.23. The van der Waals surface area contributed by atoms with E-state index in [1.807, 2.05) is 0 Å². The van der Waals surface area contributed by atoms with Gasteiger partial charge in [-0.15, -0.1) is 11.8 Å². The number of carboxylic acid groups (broad SMARTS) is 1.